The van der Waals surface area contributed by atoms with Crippen LogP contribution in [-0.2, 0) is 0 Å². The van der Waals surface area contributed by atoms with Gasteiger partial charge in [0.05, 0.1) is 5.69 Å². The Bertz CT molecular complexity index is 398. The summed E-state index contributed by atoms with van der Waals surface area (Å²) in [5.74, 6) is -1.99. The minimum absolute atomic E-state index is 0.0569. The van der Waals surface area contributed by atoms with Gasteiger partial charge >= 0.3 is 0 Å². The summed E-state index contributed by atoms with van der Waals surface area (Å²) in [4.78, 5) is 0. The molecule has 0 aliphatic heterocycles. The van der Waals surface area contributed by atoms with Crippen LogP contribution in [-0.4, -0.2) is 5.11 Å². The number of nitrogens with one attached hydrogen (secondary N) is 1. The number of rotatable bonds is 1. The quantitative estimate of drug-likeness (QED) is 0.461. The first kappa shape index (κ1) is 11.4. The Morgan fingerprint density at radius 3 is 2.43 bits per heavy atom. The zero-order chi connectivity index (χ0) is 10.9. The van der Waals surface area contributed by atoms with Gasteiger partial charge < -0.3 is 11.1 Å². The molecule has 0 amide bonds. The number of hydrogen-bond acceptors (Lipinski definition) is 1. The zero-order valence-corrected chi connectivity index (χ0v) is 8.90. The first-order chi connectivity index (χ1) is 6.43. The highest BCUT2D eigenvalue weighted by molar-refractivity contribution is 7.80. The van der Waals surface area contributed by atoms with Crippen molar-refractivity contribution in [1.29, 1.82) is 0 Å². The SMILES string of the molecule is NC(=S)Nc1cc(F)c(Cl)c(F)c1Cl. The van der Waals surface area contributed by atoms with Crippen molar-refractivity contribution in [3.63, 3.8) is 0 Å². The number of halogens is 4. The molecule has 0 atom stereocenters. The molecule has 0 bridgehead atoms. The summed E-state index contributed by atoms with van der Waals surface area (Å²) >= 11 is 15.3. The molecule has 0 spiro atoms. The highest BCUT2D eigenvalue weighted by Gasteiger charge is 2.15. The van der Waals surface area contributed by atoms with Gasteiger partial charge in [0.25, 0.3) is 0 Å². The van der Waals surface area contributed by atoms with E-state index < -0.39 is 16.7 Å². The molecule has 0 saturated heterocycles. The first-order valence-corrected chi connectivity index (χ1v) is 4.49. The van der Waals surface area contributed by atoms with E-state index in [-0.39, 0.29) is 15.8 Å². The van der Waals surface area contributed by atoms with Crippen molar-refractivity contribution in [2.75, 3.05) is 5.32 Å². The largest absolute Gasteiger partial charge is 0.376 e. The van der Waals surface area contributed by atoms with E-state index in [1.54, 1.807) is 0 Å². The van der Waals surface area contributed by atoms with E-state index in [2.05, 4.69) is 17.5 Å². The molecule has 7 heteroatoms. The van der Waals surface area contributed by atoms with E-state index in [0.717, 1.165) is 6.07 Å². The normalized spacial score (nSPS) is 10.0. The predicted octanol–water partition coefficient (Wildman–Crippen LogP) is 2.93. The molecule has 1 aromatic carbocycles. The second-order valence-electron chi connectivity index (χ2n) is 2.34. The fraction of sp³-hybridized carbons (Fsp3) is 0. The van der Waals surface area contributed by atoms with Gasteiger partial charge in [-0.3, -0.25) is 0 Å². The van der Waals surface area contributed by atoms with E-state index in [1.807, 2.05) is 0 Å². The molecule has 0 aliphatic carbocycles. The number of thiocarbonyl (C=S) groups is 1. The van der Waals surface area contributed by atoms with Gasteiger partial charge in [-0.15, -0.1) is 0 Å². The molecular weight excluding hydrogens is 253 g/mol. The number of nitrogens with two attached hydrogens (primary N) is 1. The summed E-state index contributed by atoms with van der Waals surface area (Å²) in [7, 11) is 0. The number of hydrogen-bond donors (Lipinski definition) is 2. The summed E-state index contributed by atoms with van der Waals surface area (Å²) < 4.78 is 26.0. The maximum atomic E-state index is 13.1. The van der Waals surface area contributed by atoms with Crippen LogP contribution in [0.4, 0.5) is 14.5 Å². The predicted molar refractivity (Wildman–Crippen MR) is 56.8 cm³/mol. The summed E-state index contributed by atoms with van der Waals surface area (Å²) in [5.41, 5.74) is 5.06. The molecule has 3 N–H and O–H groups in total. The summed E-state index contributed by atoms with van der Waals surface area (Å²) in [6.07, 6.45) is 0. The van der Waals surface area contributed by atoms with Crippen LogP contribution in [0.1, 0.15) is 0 Å². The van der Waals surface area contributed by atoms with Gasteiger partial charge in [0.1, 0.15) is 15.9 Å². The van der Waals surface area contributed by atoms with Crippen LogP contribution >= 0.6 is 35.4 Å². The van der Waals surface area contributed by atoms with Gasteiger partial charge in [0.15, 0.2) is 10.9 Å². The van der Waals surface area contributed by atoms with Gasteiger partial charge in [-0.2, -0.15) is 0 Å². The van der Waals surface area contributed by atoms with Crippen molar-refractivity contribution in [3.05, 3.63) is 27.7 Å². The third-order valence-electron chi connectivity index (χ3n) is 1.36. The highest BCUT2D eigenvalue weighted by Crippen LogP contribution is 2.32. The van der Waals surface area contributed by atoms with Crippen molar-refractivity contribution in [3.8, 4) is 0 Å². The van der Waals surface area contributed by atoms with Gasteiger partial charge in [0.2, 0.25) is 0 Å². The molecule has 2 nitrogen and oxygen atoms in total. The average molecular weight is 257 g/mol. The lowest BCUT2D eigenvalue weighted by atomic mass is 10.3. The molecule has 0 unspecified atom stereocenters. The molecule has 1 aromatic rings. The molecule has 0 saturated carbocycles. The van der Waals surface area contributed by atoms with Crippen LogP contribution < -0.4 is 11.1 Å². The van der Waals surface area contributed by atoms with Gasteiger partial charge in [-0.05, 0) is 12.2 Å². The molecular formula is C7H4Cl2F2N2S. The highest BCUT2D eigenvalue weighted by atomic mass is 35.5. The summed E-state index contributed by atoms with van der Waals surface area (Å²) in [6, 6.07) is 0.910. The van der Waals surface area contributed by atoms with E-state index in [0.29, 0.717) is 0 Å². The molecule has 1 rings (SSSR count). The molecule has 14 heavy (non-hydrogen) atoms. The lowest BCUT2D eigenvalue weighted by Gasteiger charge is -2.08. The van der Waals surface area contributed by atoms with Gasteiger partial charge in [0, 0.05) is 6.07 Å². The lowest BCUT2D eigenvalue weighted by molar-refractivity contribution is 0.585. The first-order valence-electron chi connectivity index (χ1n) is 3.33. The van der Waals surface area contributed by atoms with Crippen LogP contribution in [0, 0.1) is 11.6 Å². The second-order valence-corrected chi connectivity index (χ2v) is 3.53. The molecule has 0 fully saturated rings. The summed E-state index contributed by atoms with van der Waals surface area (Å²) in [5, 5.41) is 1.15. The summed E-state index contributed by atoms with van der Waals surface area (Å²) in [6.45, 7) is 0. The van der Waals surface area contributed by atoms with Crippen molar-refractivity contribution < 1.29 is 8.78 Å². The van der Waals surface area contributed by atoms with E-state index >= 15 is 0 Å². The molecule has 76 valence electrons. The minimum atomic E-state index is -1.05. The van der Waals surface area contributed by atoms with E-state index in [9.17, 15) is 8.78 Å². The number of benzene rings is 1. The Labute approximate surface area is 94.0 Å². The molecule has 0 radical (unpaired) electrons. The topological polar surface area (TPSA) is 38.0 Å². The standard InChI is InChI=1S/C7H4Cl2F2N2S/c8-4-2(10)1-3(13-7(12)14)5(9)6(4)11/h1H,(H3,12,13,14). The average Bonchev–Trinajstić information content (AvgIpc) is 2.10. The third-order valence-corrected chi connectivity index (χ3v) is 2.18. The van der Waals surface area contributed by atoms with Crippen molar-refractivity contribution in [1.82, 2.24) is 0 Å². The number of anilines is 1. The van der Waals surface area contributed by atoms with Gasteiger partial charge in [-0.25, -0.2) is 8.78 Å². The van der Waals surface area contributed by atoms with E-state index in [4.69, 9.17) is 28.9 Å². The van der Waals surface area contributed by atoms with Gasteiger partial charge in [-0.1, -0.05) is 23.2 Å². The molecule has 0 heterocycles. The van der Waals surface area contributed by atoms with Crippen molar-refractivity contribution >= 4 is 46.2 Å². The van der Waals surface area contributed by atoms with E-state index in [1.165, 1.54) is 0 Å². The lowest BCUT2D eigenvalue weighted by Crippen LogP contribution is -2.19. The molecule has 0 aliphatic rings. The fourth-order valence-electron chi connectivity index (χ4n) is 0.797. The van der Waals surface area contributed by atoms with Crippen LogP contribution in [0.25, 0.3) is 0 Å². The maximum absolute atomic E-state index is 13.1. The Balaban J connectivity index is 3.25. The maximum Gasteiger partial charge on any atom is 0.168 e. The Hall–Kier alpha value is -0.650. The molecule has 0 aromatic heterocycles. The Kier molecular flexibility index (Phi) is 3.47. The Morgan fingerprint density at radius 2 is 1.93 bits per heavy atom. The van der Waals surface area contributed by atoms with Crippen LogP contribution in [0.3, 0.4) is 0 Å². The second kappa shape index (κ2) is 4.25. The minimum Gasteiger partial charge on any atom is -0.376 e. The van der Waals surface area contributed by atoms with Crippen LogP contribution in [0.15, 0.2) is 6.07 Å². The zero-order valence-electron chi connectivity index (χ0n) is 6.57. The monoisotopic (exact) mass is 256 g/mol. The van der Waals surface area contributed by atoms with Crippen LogP contribution in [0.5, 0.6) is 0 Å². The third kappa shape index (κ3) is 2.23. The fourth-order valence-corrected chi connectivity index (χ4v) is 1.30. The Morgan fingerprint density at radius 1 is 1.36 bits per heavy atom. The van der Waals surface area contributed by atoms with Crippen molar-refractivity contribution in [2.45, 2.75) is 0 Å². The smallest absolute Gasteiger partial charge is 0.168 e. The van der Waals surface area contributed by atoms with Crippen molar-refractivity contribution in [2.24, 2.45) is 5.73 Å². The van der Waals surface area contributed by atoms with Crippen LogP contribution in [0.2, 0.25) is 10.0 Å².